The van der Waals surface area contributed by atoms with Crippen molar-refractivity contribution in [2.45, 2.75) is 64.6 Å². The molecule has 0 unspecified atom stereocenters. The standard InChI is InChI=1S/C8H18N2.C7H11NO5/c1-7(2)10-8-4-3-5-9-6-8;1-4(9)8-5(7(12)13)2-3-6(10)11/h7-10H,3-6H2,1-2H3;5H,2-3H2,1H3,(H,8,9)(H,10,11)(H,12,13)/t8-;5-/m10/s1. The minimum atomic E-state index is -1.23. The number of carbonyl (C=O) groups excluding carboxylic acids is 1. The Kier molecular flexibility index (Phi) is 11.0. The van der Waals surface area contributed by atoms with Crippen LogP contribution in [0.15, 0.2) is 0 Å². The molecule has 1 rings (SSSR count). The first-order valence-electron chi connectivity index (χ1n) is 7.90. The number of aliphatic carboxylic acids is 2. The number of carboxylic acids is 2. The molecule has 0 aromatic rings. The van der Waals surface area contributed by atoms with Gasteiger partial charge in [0.15, 0.2) is 0 Å². The summed E-state index contributed by atoms with van der Waals surface area (Å²) in [4.78, 5) is 31.0. The van der Waals surface area contributed by atoms with Gasteiger partial charge in [-0.2, -0.15) is 0 Å². The molecule has 0 aliphatic carbocycles. The van der Waals surface area contributed by atoms with Gasteiger partial charge < -0.3 is 26.2 Å². The molecule has 1 aliphatic rings. The molecule has 1 fully saturated rings. The highest BCUT2D eigenvalue weighted by molar-refractivity contribution is 5.82. The lowest BCUT2D eigenvalue weighted by Gasteiger charge is -2.25. The topological polar surface area (TPSA) is 128 Å². The molecule has 8 heteroatoms. The first-order chi connectivity index (χ1) is 10.7. The molecule has 0 aromatic carbocycles. The Hall–Kier alpha value is -1.67. The average molecular weight is 331 g/mol. The monoisotopic (exact) mass is 331 g/mol. The lowest BCUT2D eigenvalue weighted by atomic mass is 10.1. The number of nitrogens with one attached hydrogen (secondary N) is 3. The first-order valence-corrected chi connectivity index (χ1v) is 7.90. The number of carboxylic acid groups (broad SMARTS) is 2. The van der Waals surface area contributed by atoms with Gasteiger partial charge in [-0.05, 0) is 25.8 Å². The molecule has 8 nitrogen and oxygen atoms in total. The lowest BCUT2D eigenvalue weighted by molar-refractivity contribution is -0.142. The summed E-state index contributed by atoms with van der Waals surface area (Å²) in [6.07, 6.45) is 2.27. The summed E-state index contributed by atoms with van der Waals surface area (Å²) in [5.41, 5.74) is 0. The molecular formula is C15H29N3O5. The SMILES string of the molecule is CC(=O)N[C@@H](CCC(=O)O)C(=O)O.CC(C)N[C@@H]1CCCNC1. The van der Waals surface area contributed by atoms with Gasteiger partial charge in [0.1, 0.15) is 6.04 Å². The molecule has 1 heterocycles. The number of rotatable bonds is 7. The van der Waals surface area contributed by atoms with Crippen LogP contribution >= 0.6 is 0 Å². The maximum Gasteiger partial charge on any atom is 0.326 e. The van der Waals surface area contributed by atoms with Gasteiger partial charge in [-0.15, -0.1) is 0 Å². The Labute approximate surface area is 137 Å². The molecule has 0 aromatic heterocycles. The fourth-order valence-corrected chi connectivity index (χ4v) is 2.24. The Bertz CT molecular complexity index is 381. The minimum absolute atomic E-state index is 0.107. The fourth-order valence-electron chi connectivity index (χ4n) is 2.24. The fraction of sp³-hybridized carbons (Fsp3) is 0.800. The van der Waals surface area contributed by atoms with Gasteiger partial charge in [-0.3, -0.25) is 9.59 Å². The lowest BCUT2D eigenvalue weighted by Crippen LogP contribution is -2.45. The van der Waals surface area contributed by atoms with Crippen molar-refractivity contribution in [1.82, 2.24) is 16.0 Å². The van der Waals surface area contributed by atoms with Crippen LogP contribution < -0.4 is 16.0 Å². The molecule has 1 aliphatic heterocycles. The van der Waals surface area contributed by atoms with Crippen LogP contribution in [-0.4, -0.2) is 59.3 Å². The van der Waals surface area contributed by atoms with Crippen molar-refractivity contribution in [2.24, 2.45) is 0 Å². The molecule has 23 heavy (non-hydrogen) atoms. The number of amides is 1. The van der Waals surface area contributed by atoms with Crippen molar-refractivity contribution in [3.8, 4) is 0 Å². The molecular weight excluding hydrogens is 302 g/mol. The van der Waals surface area contributed by atoms with Crippen LogP contribution in [0.1, 0.15) is 46.5 Å². The van der Waals surface area contributed by atoms with E-state index < -0.39 is 23.9 Å². The highest BCUT2D eigenvalue weighted by Gasteiger charge is 2.18. The van der Waals surface area contributed by atoms with Gasteiger partial charge in [0.05, 0.1) is 0 Å². The summed E-state index contributed by atoms with van der Waals surface area (Å²) in [6.45, 7) is 7.94. The van der Waals surface area contributed by atoms with Gasteiger partial charge in [-0.25, -0.2) is 4.79 Å². The summed E-state index contributed by atoms with van der Waals surface area (Å²) >= 11 is 0. The van der Waals surface area contributed by atoms with Crippen molar-refractivity contribution >= 4 is 17.8 Å². The van der Waals surface area contributed by atoms with E-state index in [2.05, 4.69) is 29.8 Å². The predicted octanol–water partition coefficient (Wildman–Crippen LogP) is 0.177. The van der Waals surface area contributed by atoms with E-state index in [0.717, 1.165) is 6.54 Å². The molecule has 1 saturated heterocycles. The zero-order valence-electron chi connectivity index (χ0n) is 14.1. The van der Waals surface area contributed by atoms with E-state index >= 15 is 0 Å². The zero-order chi connectivity index (χ0) is 17.8. The largest absolute Gasteiger partial charge is 0.481 e. The normalized spacial score (nSPS) is 18.5. The first kappa shape index (κ1) is 21.3. The summed E-state index contributed by atoms with van der Waals surface area (Å²) in [5.74, 6) is -2.80. The predicted molar refractivity (Wildman–Crippen MR) is 86.3 cm³/mol. The summed E-state index contributed by atoms with van der Waals surface area (Å²) < 4.78 is 0. The van der Waals surface area contributed by atoms with Crippen LogP contribution in [0.2, 0.25) is 0 Å². The number of hydrogen-bond acceptors (Lipinski definition) is 5. The van der Waals surface area contributed by atoms with E-state index in [0.29, 0.717) is 12.1 Å². The van der Waals surface area contributed by atoms with Gasteiger partial charge in [0.25, 0.3) is 0 Å². The Balaban J connectivity index is 0.000000433. The average Bonchev–Trinajstić information content (AvgIpc) is 2.43. The third kappa shape index (κ3) is 12.5. The van der Waals surface area contributed by atoms with Gasteiger partial charge >= 0.3 is 11.9 Å². The third-order valence-corrected chi connectivity index (χ3v) is 3.19. The van der Waals surface area contributed by atoms with E-state index in [-0.39, 0.29) is 12.8 Å². The van der Waals surface area contributed by atoms with E-state index in [9.17, 15) is 14.4 Å². The van der Waals surface area contributed by atoms with Crippen LogP contribution in [0.4, 0.5) is 0 Å². The Morgan fingerprint density at radius 3 is 2.30 bits per heavy atom. The molecule has 0 radical (unpaired) electrons. The summed E-state index contributed by atoms with van der Waals surface area (Å²) in [5, 5.41) is 25.8. The molecule has 2 atom stereocenters. The molecule has 0 saturated carbocycles. The van der Waals surface area contributed by atoms with Crippen molar-refractivity contribution in [1.29, 1.82) is 0 Å². The van der Waals surface area contributed by atoms with Crippen LogP contribution in [0.25, 0.3) is 0 Å². The molecule has 0 bridgehead atoms. The minimum Gasteiger partial charge on any atom is -0.481 e. The van der Waals surface area contributed by atoms with Gasteiger partial charge in [-0.1, -0.05) is 13.8 Å². The second-order valence-electron chi connectivity index (χ2n) is 5.89. The quantitative estimate of drug-likeness (QED) is 0.450. The smallest absolute Gasteiger partial charge is 0.326 e. The van der Waals surface area contributed by atoms with Gasteiger partial charge in [0, 0.05) is 32.0 Å². The van der Waals surface area contributed by atoms with Crippen LogP contribution in [0.5, 0.6) is 0 Å². The molecule has 0 spiro atoms. The second-order valence-corrected chi connectivity index (χ2v) is 5.89. The zero-order valence-corrected chi connectivity index (χ0v) is 14.1. The number of carbonyl (C=O) groups is 3. The third-order valence-electron chi connectivity index (χ3n) is 3.19. The van der Waals surface area contributed by atoms with Crippen molar-refractivity contribution < 1.29 is 24.6 Å². The Morgan fingerprint density at radius 1 is 1.26 bits per heavy atom. The summed E-state index contributed by atoms with van der Waals surface area (Å²) in [6, 6.07) is 0.229. The van der Waals surface area contributed by atoms with Crippen molar-refractivity contribution in [2.75, 3.05) is 13.1 Å². The number of hydrogen-bond donors (Lipinski definition) is 5. The second kappa shape index (κ2) is 11.8. The van der Waals surface area contributed by atoms with Crippen LogP contribution in [-0.2, 0) is 14.4 Å². The van der Waals surface area contributed by atoms with E-state index in [1.807, 2.05) is 0 Å². The maximum atomic E-state index is 10.5. The summed E-state index contributed by atoms with van der Waals surface area (Å²) in [7, 11) is 0. The highest BCUT2D eigenvalue weighted by Crippen LogP contribution is 2.01. The van der Waals surface area contributed by atoms with E-state index in [1.54, 1.807) is 0 Å². The molecule has 1 amide bonds. The number of piperidine rings is 1. The molecule has 134 valence electrons. The maximum absolute atomic E-state index is 10.5. The van der Waals surface area contributed by atoms with Crippen LogP contribution in [0, 0.1) is 0 Å². The van der Waals surface area contributed by atoms with E-state index in [1.165, 1.54) is 26.3 Å². The molecule has 5 N–H and O–H groups in total. The van der Waals surface area contributed by atoms with Gasteiger partial charge in [0.2, 0.25) is 5.91 Å². The highest BCUT2D eigenvalue weighted by atomic mass is 16.4. The van der Waals surface area contributed by atoms with Crippen molar-refractivity contribution in [3.63, 3.8) is 0 Å². The van der Waals surface area contributed by atoms with Crippen molar-refractivity contribution in [3.05, 3.63) is 0 Å². The van der Waals surface area contributed by atoms with E-state index in [4.69, 9.17) is 10.2 Å². The van der Waals surface area contributed by atoms with Crippen LogP contribution in [0.3, 0.4) is 0 Å². The Morgan fingerprint density at radius 2 is 1.91 bits per heavy atom.